The van der Waals surface area contributed by atoms with Crippen molar-refractivity contribution >= 4 is 30.7 Å². The van der Waals surface area contributed by atoms with Gasteiger partial charge >= 0.3 is 0 Å². The highest BCUT2D eigenvalue weighted by Crippen LogP contribution is 2.57. The van der Waals surface area contributed by atoms with Crippen LogP contribution >= 0.6 is 0 Å². The van der Waals surface area contributed by atoms with Crippen LogP contribution in [0.4, 0.5) is 11.4 Å². The van der Waals surface area contributed by atoms with Crippen LogP contribution < -0.4 is 9.80 Å². The molecule has 2 heterocycles. The maximum atomic E-state index is 3.02. The van der Waals surface area contributed by atoms with Gasteiger partial charge in [-0.05, 0) is 112 Å². The minimum atomic E-state index is 0.0759. The molecule has 2 nitrogen and oxygen atoms in total. The Labute approximate surface area is 303 Å². The van der Waals surface area contributed by atoms with E-state index < -0.39 is 0 Å². The molecule has 6 rings (SSSR count). The molecule has 2 saturated carbocycles. The molecule has 2 saturated heterocycles. The van der Waals surface area contributed by atoms with Gasteiger partial charge in [-0.2, -0.15) is 0 Å². The lowest BCUT2D eigenvalue weighted by molar-refractivity contribution is 0.254. The molecule has 0 unspecified atom stereocenters. The first-order chi connectivity index (χ1) is 23.1. The van der Waals surface area contributed by atoms with Crippen molar-refractivity contribution in [1.29, 1.82) is 0 Å². The van der Waals surface area contributed by atoms with Crippen LogP contribution in [0.25, 0.3) is 0 Å². The molecule has 4 fully saturated rings. The van der Waals surface area contributed by atoms with Crippen LogP contribution in [0.2, 0.25) is 0 Å². The molecule has 0 atom stereocenters. The molecule has 0 aromatic heterocycles. The highest BCUT2D eigenvalue weighted by atomic mass is 28.1. The van der Waals surface area contributed by atoms with Crippen LogP contribution in [0.3, 0.4) is 0 Å². The molecule has 3 heteroatoms. The van der Waals surface area contributed by atoms with Gasteiger partial charge in [0.05, 0.1) is 0 Å². The van der Waals surface area contributed by atoms with E-state index in [4.69, 9.17) is 0 Å². The van der Waals surface area contributed by atoms with Gasteiger partial charge in [0.2, 0.25) is 0 Å². The Morgan fingerprint density at radius 1 is 0.469 bits per heavy atom. The molecule has 2 aliphatic carbocycles. The molecule has 2 aromatic carbocycles. The van der Waals surface area contributed by atoms with Crippen LogP contribution in [0.5, 0.6) is 0 Å². The lowest BCUT2D eigenvalue weighted by Crippen LogP contribution is -2.49. The average molecular weight is 679 g/mol. The number of hydrogen-bond acceptors (Lipinski definition) is 2. The SMILES string of the molecule is CC(C)c1cccc(C(C)C)c1N1C(=[Si]=C2N(c3c(C(C)C)cccc3C(C)C)C(C)(C)CC23CCCCC3)C2(CCCCC2)CC1(C)C. The van der Waals surface area contributed by atoms with E-state index in [-0.39, 0.29) is 21.9 Å². The van der Waals surface area contributed by atoms with Gasteiger partial charge in [-0.1, -0.05) is 130 Å². The smallest absolute Gasteiger partial charge is 0.0484 e. The molecule has 0 N–H and O–H groups in total. The Hall–Kier alpha value is -2.00. The third-order valence-corrected chi connectivity index (χ3v) is 15.2. The third kappa shape index (κ3) is 6.39. The second-order valence-corrected chi connectivity index (χ2v) is 20.5. The molecule has 0 amide bonds. The van der Waals surface area contributed by atoms with Crippen molar-refractivity contribution in [3.05, 3.63) is 58.7 Å². The molecule has 268 valence electrons. The lowest BCUT2D eigenvalue weighted by Gasteiger charge is -2.42. The lowest BCUT2D eigenvalue weighted by atomic mass is 9.71. The van der Waals surface area contributed by atoms with E-state index in [1.165, 1.54) is 77.0 Å². The van der Waals surface area contributed by atoms with Gasteiger partial charge in [-0.25, -0.2) is 0 Å². The fourth-order valence-corrected chi connectivity index (χ4v) is 13.7. The maximum absolute atomic E-state index is 3.02. The minimum Gasteiger partial charge on any atom is -0.337 e. The maximum Gasteiger partial charge on any atom is 0.0484 e. The summed E-state index contributed by atoms with van der Waals surface area (Å²) >= 11 is 0. The molecule has 49 heavy (non-hydrogen) atoms. The Kier molecular flexibility index (Phi) is 10.1. The van der Waals surface area contributed by atoms with E-state index in [0.717, 1.165) is 8.74 Å². The summed E-state index contributed by atoms with van der Waals surface area (Å²) in [4.78, 5) is 6.04. The van der Waals surface area contributed by atoms with Crippen molar-refractivity contribution < 1.29 is 0 Å². The number of para-hydroxylation sites is 2. The molecular weight excluding hydrogens is 609 g/mol. The van der Waals surface area contributed by atoms with Crippen molar-refractivity contribution in [2.75, 3.05) is 9.80 Å². The summed E-state index contributed by atoms with van der Waals surface area (Å²) < 4.78 is 0. The minimum absolute atomic E-state index is 0.0759. The van der Waals surface area contributed by atoms with Gasteiger partial charge in [-0.3, -0.25) is 0 Å². The van der Waals surface area contributed by atoms with Crippen molar-refractivity contribution in [3.8, 4) is 0 Å². The van der Waals surface area contributed by atoms with E-state index in [1.807, 2.05) is 10.6 Å². The van der Waals surface area contributed by atoms with Gasteiger partial charge < -0.3 is 9.80 Å². The van der Waals surface area contributed by atoms with Gasteiger partial charge in [0.1, 0.15) is 0 Å². The summed E-state index contributed by atoms with van der Waals surface area (Å²) in [5.74, 6) is 1.95. The Bertz CT molecular complexity index is 1420. The highest BCUT2D eigenvalue weighted by molar-refractivity contribution is 6.70. The molecule has 2 aliphatic heterocycles. The number of nitrogens with zero attached hydrogens (tertiary/aromatic N) is 2. The van der Waals surface area contributed by atoms with E-state index in [2.05, 4.69) is 129 Å². The van der Waals surface area contributed by atoms with Crippen LogP contribution in [0, 0.1) is 10.8 Å². The quantitative estimate of drug-likeness (QED) is 0.281. The topological polar surface area (TPSA) is 6.48 Å². The summed E-state index contributed by atoms with van der Waals surface area (Å²) in [7, 11) is 0.733. The fourth-order valence-electron chi connectivity index (χ4n) is 11.2. The van der Waals surface area contributed by atoms with Crippen molar-refractivity contribution in [3.63, 3.8) is 0 Å². The van der Waals surface area contributed by atoms with E-state index >= 15 is 0 Å². The van der Waals surface area contributed by atoms with Crippen molar-refractivity contribution in [2.24, 2.45) is 10.8 Å². The number of rotatable bonds is 6. The first-order valence-electron chi connectivity index (χ1n) is 20.4. The van der Waals surface area contributed by atoms with Crippen LogP contribution in [-0.4, -0.2) is 30.4 Å². The molecule has 4 aliphatic rings. The predicted octanol–water partition coefficient (Wildman–Crippen LogP) is 12.7. The number of hydrogen-bond donors (Lipinski definition) is 0. The van der Waals surface area contributed by atoms with Gasteiger partial charge in [0.25, 0.3) is 0 Å². The second-order valence-electron chi connectivity index (χ2n) is 19.3. The average Bonchev–Trinajstić information content (AvgIpc) is 3.37. The molecule has 2 aromatic rings. The van der Waals surface area contributed by atoms with Crippen molar-refractivity contribution in [1.82, 2.24) is 0 Å². The Morgan fingerprint density at radius 2 is 0.755 bits per heavy atom. The normalized spacial score (nSPS) is 22.9. The van der Waals surface area contributed by atoms with Crippen LogP contribution in [0.1, 0.15) is 206 Å². The van der Waals surface area contributed by atoms with Crippen molar-refractivity contribution in [2.45, 2.75) is 195 Å². The highest BCUT2D eigenvalue weighted by Gasteiger charge is 2.56. The van der Waals surface area contributed by atoms with E-state index in [9.17, 15) is 0 Å². The summed E-state index contributed by atoms with van der Waals surface area (Å²) in [6.45, 7) is 29.8. The van der Waals surface area contributed by atoms with Gasteiger partial charge in [-0.15, -0.1) is 0 Å². The predicted molar refractivity (Wildman–Crippen MR) is 218 cm³/mol. The molecular formula is C46H70N2Si. The Balaban J connectivity index is 1.78. The monoisotopic (exact) mass is 679 g/mol. The fraction of sp³-hybridized carbons (Fsp3) is 0.696. The van der Waals surface area contributed by atoms with Crippen LogP contribution in [-0.2, 0) is 0 Å². The van der Waals surface area contributed by atoms with E-state index in [0.29, 0.717) is 23.7 Å². The zero-order valence-corrected chi connectivity index (χ0v) is 34.7. The third-order valence-electron chi connectivity index (χ3n) is 13.2. The standard InChI is InChI=1S/C46H70N2Si/c1-31(2)35-21-19-22-36(32(3)4)39(35)47-41(45(29-43(47,9)10)25-15-13-16-26-45)49-42-46(27-17-14-18-28-46)30-44(11,12)48(42)40-37(33(5)6)23-20-24-38(40)34(7)8/h19-24,31-34H,13-18,25-30H2,1-12H3. The van der Waals surface area contributed by atoms with E-state index in [1.54, 1.807) is 33.6 Å². The largest absolute Gasteiger partial charge is 0.337 e. The molecule has 2 spiro atoms. The number of anilines is 2. The number of benzene rings is 2. The van der Waals surface area contributed by atoms with Gasteiger partial charge in [0, 0.05) is 52.6 Å². The summed E-state index contributed by atoms with van der Waals surface area (Å²) in [5.41, 5.74) is 10.0. The second kappa shape index (κ2) is 13.5. The Morgan fingerprint density at radius 3 is 1.02 bits per heavy atom. The molecule has 0 radical (unpaired) electrons. The summed E-state index contributed by atoms with van der Waals surface area (Å²) in [6.07, 6.45) is 16.3. The zero-order chi connectivity index (χ0) is 35.5. The summed E-state index contributed by atoms with van der Waals surface area (Å²) in [6, 6.07) is 14.5. The summed E-state index contributed by atoms with van der Waals surface area (Å²) in [5, 5.41) is 3.62. The zero-order valence-electron chi connectivity index (χ0n) is 33.7. The first kappa shape index (κ1) is 36.8. The van der Waals surface area contributed by atoms with Crippen LogP contribution in [0.15, 0.2) is 36.4 Å². The van der Waals surface area contributed by atoms with Gasteiger partial charge in [0.15, 0.2) is 0 Å². The first-order valence-corrected chi connectivity index (χ1v) is 21.4. The molecule has 0 bridgehead atoms.